The number of aliphatic hydroxyl groups is 2. The number of hydrogen-bond acceptors (Lipinski definition) is 6. The zero-order valence-electron chi connectivity index (χ0n) is 11.9. The lowest BCUT2D eigenvalue weighted by Crippen LogP contribution is -2.52. The zero-order chi connectivity index (χ0) is 14.2. The first kappa shape index (κ1) is 15.8. The maximum absolute atomic E-state index is 9.74. The summed E-state index contributed by atoms with van der Waals surface area (Å²) in [6.45, 7) is 9.75. The summed E-state index contributed by atoms with van der Waals surface area (Å²) in [5, 5.41) is 19.5. The molecule has 108 valence electrons. The van der Waals surface area contributed by atoms with Crippen molar-refractivity contribution >= 4 is 0 Å². The van der Waals surface area contributed by atoms with Crippen LogP contribution in [0.1, 0.15) is 54.4 Å². The Kier molecular flexibility index (Phi) is 4.13. The van der Waals surface area contributed by atoms with E-state index in [4.69, 9.17) is 19.6 Å². The third-order valence-electron chi connectivity index (χ3n) is 2.30. The van der Waals surface area contributed by atoms with Crippen LogP contribution in [0, 0.1) is 0 Å². The van der Waals surface area contributed by atoms with Crippen LogP contribution in [-0.4, -0.2) is 33.0 Å². The maximum atomic E-state index is 9.74. The highest BCUT2D eigenvalue weighted by molar-refractivity contribution is 4.78. The summed E-state index contributed by atoms with van der Waals surface area (Å²) in [4.78, 5) is 20.7. The number of hydrogen-bond donors (Lipinski definition) is 2. The standard InChI is InChI=1S/C12H24O6/c1-9(2,13)7-11(5)15-17-12(6,18-16-11)8-10(3,4)14/h13-14H,7-8H2,1-6H3. The normalized spacial score (nSPS) is 34.7. The van der Waals surface area contributed by atoms with Crippen molar-refractivity contribution in [1.82, 2.24) is 0 Å². The van der Waals surface area contributed by atoms with Gasteiger partial charge in [-0.25, -0.2) is 0 Å². The van der Waals surface area contributed by atoms with E-state index < -0.39 is 22.8 Å². The Balaban J connectivity index is 2.59. The highest BCUT2D eigenvalue weighted by atomic mass is 17.4. The molecule has 0 aromatic heterocycles. The average molecular weight is 264 g/mol. The van der Waals surface area contributed by atoms with Gasteiger partial charge >= 0.3 is 0 Å². The molecule has 1 saturated heterocycles. The van der Waals surface area contributed by atoms with Gasteiger partial charge < -0.3 is 10.2 Å². The Morgan fingerprint density at radius 1 is 0.722 bits per heavy atom. The van der Waals surface area contributed by atoms with Crippen LogP contribution < -0.4 is 0 Å². The molecule has 1 aliphatic heterocycles. The van der Waals surface area contributed by atoms with Gasteiger partial charge in [0.25, 0.3) is 0 Å². The molecule has 0 bridgehead atoms. The summed E-state index contributed by atoms with van der Waals surface area (Å²) >= 11 is 0. The highest BCUT2D eigenvalue weighted by Crippen LogP contribution is 2.37. The third kappa shape index (κ3) is 5.17. The molecule has 0 unspecified atom stereocenters. The first-order valence-corrected chi connectivity index (χ1v) is 6.01. The van der Waals surface area contributed by atoms with Gasteiger partial charge in [-0.1, -0.05) is 0 Å². The molecule has 0 aliphatic carbocycles. The Hall–Kier alpha value is -0.240. The van der Waals surface area contributed by atoms with Crippen LogP contribution in [0.25, 0.3) is 0 Å². The molecule has 1 heterocycles. The molecule has 0 spiro atoms. The van der Waals surface area contributed by atoms with E-state index in [1.165, 1.54) is 0 Å². The second-order valence-corrected chi connectivity index (χ2v) is 6.58. The minimum absolute atomic E-state index is 0.179. The molecule has 6 heteroatoms. The first-order chi connectivity index (χ1) is 7.83. The molecule has 0 aromatic carbocycles. The van der Waals surface area contributed by atoms with Crippen LogP contribution >= 0.6 is 0 Å². The van der Waals surface area contributed by atoms with Crippen molar-refractivity contribution in [3.05, 3.63) is 0 Å². The predicted molar refractivity (Wildman–Crippen MR) is 63.0 cm³/mol. The van der Waals surface area contributed by atoms with Gasteiger partial charge in [0.15, 0.2) is 0 Å². The fourth-order valence-corrected chi connectivity index (χ4v) is 2.07. The Bertz CT molecular complexity index is 250. The Morgan fingerprint density at radius 2 is 0.944 bits per heavy atom. The lowest BCUT2D eigenvalue weighted by Gasteiger charge is -2.43. The lowest BCUT2D eigenvalue weighted by atomic mass is 9.99. The van der Waals surface area contributed by atoms with E-state index in [9.17, 15) is 10.2 Å². The van der Waals surface area contributed by atoms with Crippen LogP contribution in [0.15, 0.2) is 0 Å². The molecule has 1 fully saturated rings. The molecule has 18 heavy (non-hydrogen) atoms. The van der Waals surface area contributed by atoms with Crippen LogP contribution in [-0.2, 0) is 19.6 Å². The van der Waals surface area contributed by atoms with Gasteiger partial charge in [0.05, 0.1) is 11.2 Å². The predicted octanol–water partition coefficient (Wildman–Crippen LogP) is 1.65. The van der Waals surface area contributed by atoms with Crippen molar-refractivity contribution in [3.8, 4) is 0 Å². The molecular formula is C12H24O6. The molecule has 0 saturated carbocycles. The second kappa shape index (κ2) is 4.70. The molecule has 0 amide bonds. The molecule has 1 aliphatic rings. The third-order valence-corrected chi connectivity index (χ3v) is 2.30. The summed E-state index contributed by atoms with van der Waals surface area (Å²) in [5.74, 6) is -2.37. The van der Waals surface area contributed by atoms with Crippen molar-refractivity contribution in [2.45, 2.75) is 77.2 Å². The Morgan fingerprint density at radius 3 is 1.11 bits per heavy atom. The molecule has 1 rings (SSSR count). The molecule has 0 atom stereocenters. The fourth-order valence-electron chi connectivity index (χ4n) is 2.07. The monoisotopic (exact) mass is 264 g/mol. The van der Waals surface area contributed by atoms with Crippen molar-refractivity contribution < 1.29 is 29.8 Å². The summed E-state index contributed by atoms with van der Waals surface area (Å²) in [6.07, 6.45) is 0.358. The lowest BCUT2D eigenvalue weighted by molar-refractivity contribution is -0.655. The van der Waals surface area contributed by atoms with Crippen LogP contribution in [0.2, 0.25) is 0 Å². The summed E-state index contributed by atoms with van der Waals surface area (Å²) in [5.41, 5.74) is -1.96. The van der Waals surface area contributed by atoms with Crippen molar-refractivity contribution in [2.75, 3.05) is 0 Å². The van der Waals surface area contributed by atoms with E-state index in [0.29, 0.717) is 0 Å². The molecule has 2 N–H and O–H groups in total. The van der Waals surface area contributed by atoms with Crippen LogP contribution in [0.5, 0.6) is 0 Å². The van der Waals surface area contributed by atoms with Gasteiger partial charge in [-0.3, -0.25) is 0 Å². The minimum atomic E-state index is -1.18. The van der Waals surface area contributed by atoms with Crippen molar-refractivity contribution in [1.29, 1.82) is 0 Å². The van der Waals surface area contributed by atoms with Gasteiger partial charge in [0.2, 0.25) is 11.6 Å². The topological polar surface area (TPSA) is 77.4 Å². The SMILES string of the molecule is CC(C)(O)CC1(C)OOC(C)(CC(C)(C)O)OO1. The fraction of sp³-hybridized carbons (Fsp3) is 1.00. The van der Waals surface area contributed by atoms with Crippen molar-refractivity contribution in [2.24, 2.45) is 0 Å². The Labute approximate surface area is 108 Å². The molecular weight excluding hydrogens is 240 g/mol. The van der Waals surface area contributed by atoms with Gasteiger partial charge in [-0.05, 0) is 41.5 Å². The van der Waals surface area contributed by atoms with E-state index >= 15 is 0 Å². The van der Waals surface area contributed by atoms with E-state index in [2.05, 4.69) is 0 Å². The van der Waals surface area contributed by atoms with Crippen molar-refractivity contribution in [3.63, 3.8) is 0 Å². The number of rotatable bonds is 4. The van der Waals surface area contributed by atoms with Crippen LogP contribution in [0.3, 0.4) is 0 Å². The van der Waals surface area contributed by atoms with E-state index in [0.717, 1.165) is 0 Å². The quantitative estimate of drug-likeness (QED) is 0.752. The van der Waals surface area contributed by atoms with E-state index in [1.54, 1.807) is 41.5 Å². The van der Waals surface area contributed by atoms with Gasteiger partial charge in [0, 0.05) is 12.8 Å². The van der Waals surface area contributed by atoms with E-state index in [1.807, 2.05) is 0 Å². The van der Waals surface area contributed by atoms with Gasteiger partial charge in [0.1, 0.15) is 0 Å². The van der Waals surface area contributed by atoms with E-state index in [-0.39, 0.29) is 12.8 Å². The van der Waals surface area contributed by atoms with Gasteiger partial charge in [-0.2, -0.15) is 19.6 Å². The summed E-state index contributed by atoms with van der Waals surface area (Å²) < 4.78 is 0. The largest absolute Gasteiger partial charge is 0.390 e. The smallest absolute Gasteiger partial charge is 0.234 e. The molecule has 6 nitrogen and oxygen atoms in total. The molecule has 0 radical (unpaired) electrons. The highest BCUT2D eigenvalue weighted by Gasteiger charge is 2.47. The molecule has 0 aromatic rings. The average Bonchev–Trinajstić information content (AvgIpc) is 2.05. The van der Waals surface area contributed by atoms with Crippen LogP contribution in [0.4, 0.5) is 0 Å². The second-order valence-electron chi connectivity index (χ2n) is 6.58. The zero-order valence-corrected chi connectivity index (χ0v) is 11.9. The first-order valence-electron chi connectivity index (χ1n) is 6.01. The minimum Gasteiger partial charge on any atom is -0.390 e. The summed E-state index contributed by atoms with van der Waals surface area (Å²) in [6, 6.07) is 0. The maximum Gasteiger partial charge on any atom is 0.234 e. The van der Waals surface area contributed by atoms with Gasteiger partial charge in [-0.15, -0.1) is 0 Å². The summed E-state index contributed by atoms with van der Waals surface area (Å²) in [7, 11) is 0.